The van der Waals surface area contributed by atoms with Gasteiger partial charge in [0.15, 0.2) is 0 Å². The number of anilines is 3. The molecule has 0 saturated carbocycles. The number of nitrogens with zero attached hydrogens (tertiary/aromatic N) is 10. The number of quaternary nitrogens is 1. The molecule has 0 atom stereocenters. The Kier molecular flexibility index (Phi) is 41.7. The summed E-state index contributed by atoms with van der Waals surface area (Å²) < 4.78 is 0. The predicted molar refractivity (Wildman–Crippen MR) is 344 cm³/mol. The van der Waals surface area contributed by atoms with E-state index in [4.69, 9.17) is 76.0 Å². The molecule has 0 aliphatic heterocycles. The van der Waals surface area contributed by atoms with E-state index >= 15 is 0 Å². The van der Waals surface area contributed by atoms with E-state index in [0.29, 0.717) is 0 Å². The minimum atomic E-state index is 0. The summed E-state index contributed by atoms with van der Waals surface area (Å²) in [7, 11) is 0. The number of aliphatic imine (C=N–C) groups is 1. The fourth-order valence-electron chi connectivity index (χ4n) is 10.4. The molecule has 0 bridgehead atoms. The summed E-state index contributed by atoms with van der Waals surface area (Å²) in [5.41, 5.74) is 22.4. The third-order valence-electron chi connectivity index (χ3n) is 14.3. The van der Waals surface area contributed by atoms with Gasteiger partial charge < -0.3 is 90.6 Å². The Hall–Kier alpha value is -9.04. The van der Waals surface area contributed by atoms with Crippen LogP contribution in [0.25, 0.3) is 22.3 Å². The molecule has 0 aromatic heterocycles. The van der Waals surface area contributed by atoms with Crippen molar-refractivity contribution < 1.29 is 44.0 Å². The van der Waals surface area contributed by atoms with E-state index in [2.05, 4.69) is 259 Å². The maximum atomic E-state index is 6.25. The summed E-state index contributed by atoms with van der Waals surface area (Å²) in [4.78, 5) is 17.0. The van der Waals surface area contributed by atoms with Crippen LogP contribution in [-0.2, 0) is 34.1 Å². The maximum Gasteiger partial charge on any atom is 2.00 e. The fourth-order valence-corrected chi connectivity index (χ4v) is 10.4. The van der Waals surface area contributed by atoms with Gasteiger partial charge in [-0.3, -0.25) is 4.99 Å². The van der Waals surface area contributed by atoms with E-state index in [1.165, 1.54) is 100 Å². The van der Waals surface area contributed by atoms with Gasteiger partial charge in [-0.05, 0) is 204 Å². The molecule has 2 aliphatic carbocycles. The first-order chi connectivity index (χ1) is 41.3. The Labute approximate surface area is 537 Å². The molecule has 6 aromatic carbocycles. The van der Waals surface area contributed by atoms with Crippen LogP contribution in [0.4, 0.5) is 22.7 Å². The van der Waals surface area contributed by atoms with Gasteiger partial charge in [-0.1, -0.05) is 84.9 Å². The third-order valence-corrected chi connectivity index (χ3v) is 14.3. The number of fused-ring (bicyclic) bond motifs is 2. The summed E-state index contributed by atoms with van der Waals surface area (Å²) in [6, 6.07) is 53.9. The molecule has 14 heteroatoms. The SMILES string of the molecule is CCN=C1C=CC(=C(c2ccc(N(CC)CC)cc2)c2ccc(N(CC)CC)cc2)c2ccccc21.CC[NH+]=C1C=CC(=C(c2ccc(N(CC)CC)cc2)c2ccc([NH+](CC)CC)cc2)c2ccccc21.[C-]#N.[C-]#N.[C-]#N.[C-]#N.[C-]#N.[C-]#N.[Cu+2].[Fe+2]. The number of nitrogens with one attached hydrogen (secondary N) is 2. The van der Waals surface area contributed by atoms with Crippen LogP contribution in [0.3, 0.4) is 0 Å². The van der Waals surface area contributed by atoms with Crippen molar-refractivity contribution in [2.24, 2.45) is 4.99 Å². The van der Waals surface area contributed by atoms with Gasteiger partial charge >= 0.3 is 34.1 Å². The molecule has 2 aliphatic rings. The van der Waals surface area contributed by atoms with Crippen LogP contribution in [0.2, 0.25) is 0 Å². The second-order valence-corrected chi connectivity index (χ2v) is 18.2. The molecule has 0 unspecified atom stereocenters. The molecule has 0 heterocycles. The molecule has 1 radical (unpaired) electrons. The van der Waals surface area contributed by atoms with E-state index in [-0.39, 0.29) is 34.1 Å². The van der Waals surface area contributed by atoms with Crippen LogP contribution >= 0.6 is 0 Å². The summed E-state index contributed by atoms with van der Waals surface area (Å²) in [6.45, 7) is 60.4. The molecule has 8 rings (SSSR count). The van der Waals surface area contributed by atoms with Crippen LogP contribution in [0.5, 0.6) is 0 Å². The zero-order valence-electron chi connectivity index (χ0n) is 51.4. The first-order valence-corrected chi connectivity index (χ1v) is 28.3. The summed E-state index contributed by atoms with van der Waals surface area (Å²) in [5, 5.41) is 37.5. The number of allylic oxidation sites excluding steroid dienone is 6. The molecule has 2 N–H and O–H groups in total. The largest absolute Gasteiger partial charge is 2.00 e. The van der Waals surface area contributed by atoms with Crippen molar-refractivity contribution in [3.63, 3.8) is 0 Å². The van der Waals surface area contributed by atoms with Gasteiger partial charge in [-0.2, -0.15) is 0 Å². The Morgan fingerprint density at radius 3 is 1.01 bits per heavy atom. The third kappa shape index (κ3) is 20.6. The minimum Gasteiger partial charge on any atom is -0.512 e. The van der Waals surface area contributed by atoms with Gasteiger partial charge in [0.1, 0.15) is 12.2 Å². The van der Waals surface area contributed by atoms with Crippen LogP contribution in [0.15, 0.2) is 175 Å². The quantitative estimate of drug-likeness (QED) is 0.0625. The molecule has 0 fully saturated rings. The van der Waals surface area contributed by atoms with Gasteiger partial charge in [0.05, 0.1) is 24.4 Å². The van der Waals surface area contributed by atoms with Crippen molar-refractivity contribution in [2.45, 2.75) is 69.2 Å². The molecule has 6 aromatic rings. The first kappa shape index (κ1) is 79.0. The van der Waals surface area contributed by atoms with Gasteiger partial charge in [0.25, 0.3) is 0 Å². The molecule has 12 nitrogen and oxygen atoms in total. The minimum absolute atomic E-state index is 0. The normalized spacial score (nSPS) is 12.2. The van der Waals surface area contributed by atoms with E-state index in [1.54, 1.807) is 0 Å². The van der Waals surface area contributed by atoms with Crippen LogP contribution < -0.4 is 24.6 Å². The summed E-state index contributed by atoms with van der Waals surface area (Å²) in [5.74, 6) is 0. The molecular formula is C72H80CuFeN12. The summed E-state index contributed by atoms with van der Waals surface area (Å²) in [6.07, 6.45) is 8.95. The van der Waals surface area contributed by atoms with Crippen LogP contribution in [0, 0.1) is 71.0 Å². The van der Waals surface area contributed by atoms with Crippen molar-refractivity contribution >= 4 is 56.5 Å². The van der Waals surface area contributed by atoms with Crippen molar-refractivity contribution in [1.82, 2.24) is 0 Å². The Morgan fingerprint density at radius 1 is 0.395 bits per heavy atom. The van der Waals surface area contributed by atoms with Crippen LogP contribution in [-0.4, -0.2) is 76.9 Å². The van der Waals surface area contributed by atoms with Gasteiger partial charge in [0, 0.05) is 74.5 Å². The zero-order chi connectivity index (χ0) is 63.0. The van der Waals surface area contributed by atoms with Gasteiger partial charge in [0.2, 0.25) is 5.71 Å². The molecule has 447 valence electrons. The number of rotatable bonds is 18. The summed E-state index contributed by atoms with van der Waals surface area (Å²) >= 11 is 0. The standard InChI is InChI=1S/2C33H39N3.6CN.Cu.Fe/c2*1-6-34-32-24-23-31(29-13-11-12-14-30(29)32)33(25-15-19-27(20-16-25)35(7-2)8-3)26-17-21-28(22-18-26)36(9-4)10-5;6*1-2;;/h2*11-24H,6-10H2,1-5H3;;;;;;;;/q;;6*-1;2*+2/p+2. The fraction of sp³-hybridized carbons (Fsp3) is 0.278. The predicted octanol–water partition coefficient (Wildman–Crippen LogP) is 12.8. The zero-order valence-corrected chi connectivity index (χ0v) is 53.4. The van der Waals surface area contributed by atoms with E-state index in [0.717, 1.165) is 71.2 Å². The molecule has 0 saturated heterocycles. The van der Waals surface area contributed by atoms with E-state index in [9.17, 15) is 0 Å². The van der Waals surface area contributed by atoms with E-state index in [1.807, 2.05) is 0 Å². The smallest absolute Gasteiger partial charge is 0.512 e. The Morgan fingerprint density at radius 2 is 0.698 bits per heavy atom. The average molecular weight is 1230 g/mol. The molecule has 0 amide bonds. The Bertz CT molecular complexity index is 2850. The molecule has 86 heavy (non-hydrogen) atoms. The molecular weight excluding hydrogens is 1150 g/mol. The van der Waals surface area contributed by atoms with E-state index < -0.39 is 0 Å². The van der Waals surface area contributed by atoms with Crippen molar-refractivity contribution in [2.75, 3.05) is 80.1 Å². The average Bonchev–Trinajstić information content (AvgIpc) is 1.62. The first-order valence-electron chi connectivity index (χ1n) is 28.3. The monoisotopic (exact) mass is 1230 g/mol. The number of hydrogen-bond acceptors (Lipinski definition) is 10. The number of benzene rings is 6. The van der Waals surface area contributed by atoms with Crippen molar-refractivity contribution in [1.29, 1.82) is 31.6 Å². The number of hydrogen-bond donors (Lipinski definition) is 2. The van der Waals surface area contributed by atoms with Gasteiger partial charge in [-0.15, -0.1) is 0 Å². The maximum absolute atomic E-state index is 6.25. The molecule has 0 spiro atoms. The second kappa shape index (κ2) is 45.4. The second-order valence-electron chi connectivity index (χ2n) is 18.2. The van der Waals surface area contributed by atoms with Crippen LogP contribution in [0.1, 0.15) is 114 Å². The topological polar surface area (TPSA) is 183 Å². The van der Waals surface area contributed by atoms with Crippen molar-refractivity contribution in [3.05, 3.63) is 254 Å². The van der Waals surface area contributed by atoms with Crippen molar-refractivity contribution in [3.8, 4) is 0 Å². The van der Waals surface area contributed by atoms with Gasteiger partial charge in [-0.25, -0.2) is 4.99 Å². The Balaban J connectivity index is 0.